The molecule has 0 aliphatic heterocycles. The summed E-state index contributed by atoms with van der Waals surface area (Å²) in [6.45, 7) is 0. The molecule has 0 saturated heterocycles. The van der Waals surface area contributed by atoms with E-state index in [1.165, 1.54) is 17.8 Å². The maximum Gasteiger partial charge on any atom is 0.371 e. The molecule has 72 valence electrons. The molecule has 14 heavy (non-hydrogen) atoms. The number of carbonyl (C=O) groups is 1. The molecule has 0 atom stereocenters. The number of nitrogens with zero attached hydrogens (tertiary/aromatic N) is 1. The molecule has 0 bridgehead atoms. The number of hydrogen-bond acceptors (Lipinski definition) is 4. The van der Waals surface area contributed by atoms with Gasteiger partial charge in [0, 0.05) is 12.4 Å². The van der Waals surface area contributed by atoms with E-state index in [-0.39, 0.29) is 5.76 Å². The van der Waals surface area contributed by atoms with E-state index >= 15 is 0 Å². The Labute approximate surface area is 83.2 Å². The molecule has 0 saturated carbocycles. The monoisotopic (exact) mass is 210 g/mol. The molecule has 6 heteroatoms. The van der Waals surface area contributed by atoms with Gasteiger partial charge < -0.3 is 14.5 Å². The molecule has 0 spiro atoms. The van der Waals surface area contributed by atoms with Gasteiger partial charge in [0.15, 0.2) is 10.2 Å². The highest BCUT2D eigenvalue weighted by molar-refractivity contribution is 7.99. The molecule has 0 aliphatic carbocycles. The van der Waals surface area contributed by atoms with Crippen LogP contribution in [0.2, 0.25) is 0 Å². The van der Waals surface area contributed by atoms with E-state index in [4.69, 9.17) is 9.52 Å². The molecule has 2 heterocycles. The van der Waals surface area contributed by atoms with Crippen LogP contribution in [0, 0.1) is 0 Å². The third-order valence-corrected chi connectivity index (χ3v) is 2.30. The van der Waals surface area contributed by atoms with Crippen LogP contribution >= 0.6 is 11.8 Å². The van der Waals surface area contributed by atoms with Crippen molar-refractivity contribution in [3.05, 3.63) is 30.3 Å². The Kier molecular flexibility index (Phi) is 2.28. The van der Waals surface area contributed by atoms with Crippen LogP contribution in [-0.4, -0.2) is 21.0 Å². The number of rotatable bonds is 3. The number of H-pyrrole nitrogens is 1. The zero-order valence-electron chi connectivity index (χ0n) is 6.93. The number of furan rings is 1. The van der Waals surface area contributed by atoms with Gasteiger partial charge in [-0.25, -0.2) is 9.78 Å². The van der Waals surface area contributed by atoms with Crippen molar-refractivity contribution in [2.45, 2.75) is 10.2 Å². The third-order valence-electron chi connectivity index (χ3n) is 1.46. The van der Waals surface area contributed by atoms with Crippen molar-refractivity contribution >= 4 is 17.7 Å². The Morgan fingerprint density at radius 3 is 3.00 bits per heavy atom. The van der Waals surface area contributed by atoms with Gasteiger partial charge in [-0.3, -0.25) is 0 Å². The number of aromatic amines is 1. The minimum Gasteiger partial charge on any atom is -0.475 e. The number of imidazole rings is 1. The fraction of sp³-hybridized carbons (Fsp3) is 0. The smallest absolute Gasteiger partial charge is 0.371 e. The summed E-state index contributed by atoms with van der Waals surface area (Å²) in [5.74, 6) is -1.14. The molecule has 0 radical (unpaired) electrons. The van der Waals surface area contributed by atoms with E-state index < -0.39 is 5.97 Å². The predicted molar refractivity (Wildman–Crippen MR) is 48.4 cm³/mol. The van der Waals surface area contributed by atoms with Crippen LogP contribution in [0.3, 0.4) is 0 Å². The SMILES string of the molecule is O=C(O)c1ccc(Sc2ncc[nH]2)o1. The summed E-state index contributed by atoms with van der Waals surface area (Å²) in [7, 11) is 0. The Morgan fingerprint density at radius 1 is 1.57 bits per heavy atom. The van der Waals surface area contributed by atoms with Crippen LogP contribution in [0.25, 0.3) is 0 Å². The van der Waals surface area contributed by atoms with Gasteiger partial charge in [-0.1, -0.05) is 0 Å². The van der Waals surface area contributed by atoms with Crippen LogP contribution < -0.4 is 0 Å². The average molecular weight is 210 g/mol. The summed E-state index contributed by atoms with van der Waals surface area (Å²) in [6, 6.07) is 3.00. The van der Waals surface area contributed by atoms with Crippen LogP contribution in [0.4, 0.5) is 0 Å². The molecule has 0 unspecified atom stereocenters. The normalized spacial score (nSPS) is 10.3. The van der Waals surface area contributed by atoms with E-state index in [0.29, 0.717) is 10.2 Å². The highest BCUT2D eigenvalue weighted by Crippen LogP contribution is 2.26. The first-order valence-electron chi connectivity index (χ1n) is 3.76. The molecule has 5 nitrogen and oxygen atoms in total. The van der Waals surface area contributed by atoms with E-state index in [1.807, 2.05) is 0 Å². The van der Waals surface area contributed by atoms with Crippen molar-refractivity contribution in [2.24, 2.45) is 0 Å². The lowest BCUT2D eigenvalue weighted by atomic mass is 10.5. The quantitative estimate of drug-likeness (QED) is 0.808. The first-order valence-corrected chi connectivity index (χ1v) is 4.58. The minimum atomic E-state index is -1.07. The maximum absolute atomic E-state index is 10.5. The van der Waals surface area contributed by atoms with Crippen LogP contribution in [0.1, 0.15) is 10.6 Å². The molecule has 0 amide bonds. The molecule has 2 aromatic rings. The van der Waals surface area contributed by atoms with Gasteiger partial charge in [0.2, 0.25) is 5.76 Å². The van der Waals surface area contributed by atoms with E-state index in [1.54, 1.807) is 18.5 Å². The van der Waals surface area contributed by atoms with Crippen LogP contribution in [-0.2, 0) is 0 Å². The van der Waals surface area contributed by atoms with Gasteiger partial charge >= 0.3 is 5.97 Å². The second-order valence-corrected chi connectivity index (χ2v) is 3.41. The summed E-state index contributed by atoms with van der Waals surface area (Å²) < 4.78 is 5.02. The zero-order valence-corrected chi connectivity index (χ0v) is 7.75. The first kappa shape index (κ1) is 8.89. The molecule has 2 aromatic heterocycles. The Bertz CT molecular complexity index is 435. The van der Waals surface area contributed by atoms with E-state index in [2.05, 4.69) is 9.97 Å². The molecular weight excluding hydrogens is 204 g/mol. The predicted octanol–water partition coefficient (Wildman–Crippen LogP) is 1.85. The number of nitrogens with one attached hydrogen (secondary N) is 1. The summed E-state index contributed by atoms with van der Waals surface area (Å²) in [5, 5.41) is 9.76. The van der Waals surface area contributed by atoms with Crippen molar-refractivity contribution in [3.8, 4) is 0 Å². The van der Waals surface area contributed by atoms with Crippen molar-refractivity contribution in [2.75, 3.05) is 0 Å². The second kappa shape index (κ2) is 3.59. The van der Waals surface area contributed by atoms with Crippen LogP contribution in [0.15, 0.2) is 39.2 Å². The molecule has 0 aliphatic rings. The Hall–Kier alpha value is -1.69. The first-order chi connectivity index (χ1) is 6.75. The number of hydrogen-bond donors (Lipinski definition) is 2. The third kappa shape index (κ3) is 1.80. The van der Waals surface area contributed by atoms with Crippen molar-refractivity contribution in [1.82, 2.24) is 9.97 Å². The lowest BCUT2D eigenvalue weighted by molar-refractivity contribution is 0.0656. The zero-order chi connectivity index (χ0) is 9.97. The number of carboxylic acid groups (broad SMARTS) is 1. The molecule has 2 N–H and O–H groups in total. The number of aromatic carboxylic acids is 1. The number of aromatic nitrogens is 2. The lowest BCUT2D eigenvalue weighted by Gasteiger charge is -1.90. The van der Waals surface area contributed by atoms with Gasteiger partial charge in [-0.05, 0) is 23.9 Å². The fourth-order valence-corrected chi connectivity index (χ4v) is 1.59. The summed E-state index contributed by atoms with van der Waals surface area (Å²) in [6.07, 6.45) is 3.30. The standard InChI is InChI=1S/C8H6N2O3S/c11-7(12)5-1-2-6(13-5)14-8-9-3-4-10-8/h1-4H,(H,9,10)(H,11,12). The molecule has 0 aromatic carbocycles. The minimum absolute atomic E-state index is 0.0703. The van der Waals surface area contributed by atoms with E-state index in [9.17, 15) is 4.79 Å². The van der Waals surface area contributed by atoms with E-state index in [0.717, 1.165) is 0 Å². The Morgan fingerprint density at radius 2 is 2.43 bits per heavy atom. The van der Waals surface area contributed by atoms with Crippen molar-refractivity contribution < 1.29 is 14.3 Å². The van der Waals surface area contributed by atoms with Gasteiger partial charge in [0.1, 0.15) is 0 Å². The largest absolute Gasteiger partial charge is 0.475 e. The topological polar surface area (TPSA) is 79.1 Å². The lowest BCUT2D eigenvalue weighted by Crippen LogP contribution is -1.91. The van der Waals surface area contributed by atoms with Gasteiger partial charge in [0.05, 0.1) is 0 Å². The summed E-state index contributed by atoms with van der Waals surface area (Å²) in [5.41, 5.74) is 0. The second-order valence-electron chi connectivity index (χ2n) is 2.42. The van der Waals surface area contributed by atoms with Crippen LogP contribution in [0.5, 0.6) is 0 Å². The number of carboxylic acids is 1. The van der Waals surface area contributed by atoms with Crippen molar-refractivity contribution in [1.29, 1.82) is 0 Å². The maximum atomic E-state index is 10.5. The van der Waals surface area contributed by atoms with Gasteiger partial charge in [0.25, 0.3) is 0 Å². The highest BCUT2D eigenvalue weighted by atomic mass is 32.2. The molecule has 0 fully saturated rings. The summed E-state index contributed by atoms with van der Waals surface area (Å²) in [4.78, 5) is 17.3. The Balaban J connectivity index is 2.14. The average Bonchev–Trinajstić information content (AvgIpc) is 2.75. The van der Waals surface area contributed by atoms with Gasteiger partial charge in [-0.2, -0.15) is 0 Å². The fourth-order valence-electron chi connectivity index (χ4n) is 0.892. The molecule has 2 rings (SSSR count). The highest BCUT2D eigenvalue weighted by Gasteiger charge is 2.10. The molecular formula is C8H6N2O3S. The van der Waals surface area contributed by atoms with Crippen molar-refractivity contribution in [3.63, 3.8) is 0 Å². The summed E-state index contributed by atoms with van der Waals surface area (Å²) >= 11 is 1.24. The van der Waals surface area contributed by atoms with Gasteiger partial charge in [-0.15, -0.1) is 0 Å².